The first-order valence-electron chi connectivity index (χ1n) is 6.09. The van der Waals surface area contributed by atoms with E-state index in [1.54, 1.807) is 0 Å². The third-order valence-corrected chi connectivity index (χ3v) is 3.61. The first-order valence-corrected chi connectivity index (χ1v) is 6.09. The zero-order valence-corrected chi connectivity index (χ0v) is 10.5. The summed E-state index contributed by atoms with van der Waals surface area (Å²) in [5, 5.41) is 4.36. The SMILES string of the molecule is Cc1nn(C)c(N(C)CC2CCCC2)c1N. The van der Waals surface area contributed by atoms with Crippen LogP contribution in [0, 0.1) is 12.8 Å². The van der Waals surface area contributed by atoms with E-state index in [1.165, 1.54) is 25.7 Å². The average Bonchev–Trinajstić information content (AvgIpc) is 2.77. The molecule has 0 atom stereocenters. The number of hydrogen-bond donors (Lipinski definition) is 1. The highest BCUT2D eigenvalue weighted by Crippen LogP contribution is 2.29. The van der Waals surface area contributed by atoms with Gasteiger partial charge in [0.05, 0.1) is 11.4 Å². The lowest BCUT2D eigenvalue weighted by molar-refractivity contribution is 0.540. The Morgan fingerprint density at radius 2 is 2.06 bits per heavy atom. The molecule has 1 heterocycles. The maximum atomic E-state index is 6.05. The van der Waals surface area contributed by atoms with E-state index < -0.39 is 0 Å². The Bertz CT molecular complexity index is 363. The minimum absolute atomic E-state index is 0.822. The molecule has 16 heavy (non-hydrogen) atoms. The van der Waals surface area contributed by atoms with Crippen LogP contribution in [0.4, 0.5) is 11.5 Å². The van der Waals surface area contributed by atoms with Crippen LogP contribution >= 0.6 is 0 Å². The molecule has 0 bridgehead atoms. The maximum absolute atomic E-state index is 6.05. The predicted molar refractivity (Wildman–Crippen MR) is 67.6 cm³/mol. The monoisotopic (exact) mass is 222 g/mol. The summed E-state index contributed by atoms with van der Waals surface area (Å²) in [5.74, 6) is 1.89. The molecule has 0 unspecified atom stereocenters. The van der Waals surface area contributed by atoms with Crippen molar-refractivity contribution in [2.24, 2.45) is 13.0 Å². The second kappa shape index (κ2) is 4.36. The smallest absolute Gasteiger partial charge is 0.150 e. The van der Waals surface area contributed by atoms with Crippen LogP contribution in [-0.2, 0) is 7.05 Å². The Morgan fingerprint density at radius 3 is 2.56 bits per heavy atom. The quantitative estimate of drug-likeness (QED) is 0.850. The van der Waals surface area contributed by atoms with E-state index in [0.717, 1.165) is 29.7 Å². The van der Waals surface area contributed by atoms with E-state index in [1.807, 2.05) is 18.7 Å². The van der Waals surface area contributed by atoms with Crippen LogP contribution in [0.15, 0.2) is 0 Å². The molecule has 0 amide bonds. The fourth-order valence-electron chi connectivity index (χ4n) is 2.78. The van der Waals surface area contributed by atoms with Gasteiger partial charge in [0.15, 0.2) is 0 Å². The highest BCUT2D eigenvalue weighted by Gasteiger charge is 2.20. The lowest BCUT2D eigenvalue weighted by Crippen LogP contribution is -2.26. The number of anilines is 2. The van der Waals surface area contributed by atoms with Gasteiger partial charge in [-0.3, -0.25) is 4.68 Å². The van der Waals surface area contributed by atoms with E-state index >= 15 is 0 Å². The van der Waals surface area contributed by atoms with Gasteiger partial charge in [0.1, 0.15) is 5.82 Å². The van der Waals surface area contributed by atoms with Gasteiger partial charge in [-0.15, -0.1) is 0 Å². The summed E-state index contributed by atoms with van der Waals surface area (Å²) in [7, 11) is 4.08. The lowest BCUT2D eigenvalue weighted by Gasteiger charge is -2.23. The molecule has 4 heteroatoms. The standard InChI is InChI=1S/C12H22N4/c1-9-11(13)12(16(3)14-9)15(2)8-10-6-4-5-7-10/h10H,4-8,13H2,1-3H3. The second-order valence-corrected chi connectivity index (χ2v) is 4.98. The van der Waals surface area contributed by atoms with Crippen LogP contribution in [0.2, 0.25) is 0 Å². The summed E-state index contributed by atoms with van der Waals surface area (Å²) < 4.78 is 1.89. The molecule has 4 nitrogen and oxygen atoms in total. The zero-order valence-electron chi connectivity index (χ0n) is 10.5. The molecule has 2 N–H and O–H groups in total. The minimum atomic E-state index is 0.822. The molecule has 90 valence electrons. The number of rotatable bonds is 3. The highest BCUT2D eigenvalue weighted by atomic mass is 15.4. The molecule has 1 saturated carbocycles. The third-order valence-electron chi connectivity index (χ3n) is 3.61. The topological polar surface area (TPSA) is 47.1 Å². The molecule has 1 aromatic rings. The molecular weight excluding hydrogens is 200 g/mol. The number of hydrogen-bond acceptors (Lipinski definition) is 3. The van der Waals surface area contributed by atoms with Gasteiger partial charge in [-0.1, -0.05) is 12.8 Å². The number of nitrogens with two attached hydrogens (primary N) is 1. The summed E-state index contributed by atoms with van der Waals surface area (Å²) >= 11 is 0. The van der Waals surface area contributed by atoms with E-state index in [0.29, 0.717) is 0 Å². The molecule has 2 rings (SSSR count). The van der Waals surface area contributed by atoms with Crippen molar-refractivity contribution in [1.82, 2.24) is 9.78 Å². The van der Waals surface area contributed by atoms with Crippen molar-refractivity contribution < 1.29 is 0 Å². The Balaban J connectivity index is 2.10. The second-order valence-electron chi connectivity index (χ2n) is 4.98. The first-order chi connectivity index (χ1) is 7.59. The van der Waals surface area contributed by atoms with Gasteiger partial charge in [-0.2, -0.15) is 5.10 Å². The summed E-state index contributed by atoms with van der Waals surface area (Å²) in [6.07, 6.45) is 5.50. The van der Waals surface area contributed by atoms with Crippen LogP contribution in [0.3, 0.4) is 0 Å². The Morgan fingerprint density at radius 1 is 1.44 bits per heavy atom. The summed E-state index contributed by atoms with van der Waals surface area (Å²) in [4.78, 5) is 2.26. The van der Waals surface area contributed by atoms with E-state index in [-0.39, 0.29) is 0 Å². The summed E-state index contributed by atoms with van der Waals surface area (Å²) in [6.45, 7) is 3.06. The van der Waals surface area contributed by atoms with Crippen LogP contribution in [0.5, 0.6) is 0 Å². The average molecular weight is 222 g/mol. The molecule has 0 radical (unpaired) electrons. The van der Waals surface area contributed by atoms with Gasteiger partial charge in [0.25, 0.3) is 0 Å². The van der Waals surface area contributed by atoms with Crippen molar-refractivity contribution >= 4 is 11.5 Å². The van der Waals surface area contributed by atoms with E-state index in [2.05, 4.69) is 17.0 Å². The molecule has 1 aromatic heterocycles. The molecular formula is C12H22N4. The van der Waals surface area contributed by atoms with Crippen LogP contribution in [-0.4, -0.2) is 23.4 Å². The Hall–Kier alpha value is -1.19. The fraction of sp³-hybridized carbons (Fsp3) is 0.750. The van der Waals surface area contributed by atoms with Gasteiger partial charge in [-0.05, 0) is 25.7 Å². The van der Waals surface area contributed by atoms with Crippen LogP contribution in [0.1, 0.15) is 31.4 Å². The van der Waals surface area contributed by atoms with Gasteiger partial charge in [0, 0.05) is 20.6 Å². The zero-order chi connectivity index (χ0) is 11.7. The van der Waals surface area contributed by atoms with Crippen molar-refractivity contribution in [1.29, 1.82) is 0 Å². The number of aryl methyl sites for hydroxylation is 2. The van der Waals surface area contributed by atoms with Gasteiger partial charge < -0.3 is 10.6 Å². The molecule has 1 aliphatic carbocycles. The van der Waals surface area contributed by atoms with Crippen LogP contribution in [0.25, 0.3) is 0 Å². The van der Waals surface area contributed by atoms with Gasteiger partial charge >= 0.3 is 0 Å². The Kier molecular flexibility index (Phi) is 3.08. The van der Waals surface area contributed by atoms with Crippen molar-refractivity contribution in [2.45, 2.75) is 32.6 Å². The highest BCUT2D eigenvalue weighted by molar-refractivity contribution is 5.65. The van der Waals surface area contributed by atoms with Crippen molar-refractivity contribution in [3.05, 3.63) is 5.69 Å². The maximum Gasteiger partial charge on any atom is 0.150 e. The normalized spacial score (nSPS) is 16.9. The number of nitrogen functional groups attached to an aromatic ring is 1. The Labute approximate surface area is 97.4 Å². The summed E-state index contributed by atoms with van der Waals surface area (Å²) in [5.41, 5.74) is 7.80. The number of aromatic nitrogens is 2. The lowest BCUT2D eigenvalue weighted by atomic mass is 10.1. The molecule has 1 fully saturated rings. The van der Waals surface area contributed by atoms with Crippen molar-refractivity contribution in [2.75, 3.05) is 24.2 Å². The number of nitrogens with zero attached hydrogens (tertiary/aromatic N) is 3. The van der Waals surface area contributed by atoms with E-state index in [4.69, 9.17) is 5.73 Å². The molecule has 1 aliphatic rings. The minimum Gasteiger partial charge on any atom is -0.394 e. The first kappa shape index (κ1) is 11.3. The predicted octanol–water partition coefficient (Wildman–Crippen LogP) is 1.94. The molecule has 0 aliphatic heterocycles. The van der Waals surface area contributed by atoms with Crippen LogP contribution < -0.4 is 10.6 Å². The molecule has 0 spiro atoms. The van der Waals surface area contributed by atoms with Gasteiger partial charge in [-0.25, -0.2) is 0 Å². The van der Waals surface area contributed by atoms with Crippen molar-refractivity contribution in [3.63, 3.8) is 0 Å². The van der Waals surface area contributed by atoms with Gasteiger partial charge in [0.2, 0.25) is 0 Å². The largest absolute Gasteiger partial charge is 0.394 e. The van der Waals surface area contributed by atoms with E-state index in [9.17, 15) is 0 Å². The molecule has 0 aromatic carbocycles. The fourth-order valence-corrected chi connectivity index (χ4v) is 2.78. The summed E-state index contributed by atoms with van der Waals surface area (Å²) in [6, 6.07) is 0. The third kappa shape index (κ3) is 2.01. The van der Waals surface area contributed by atoms with Crippen molar-refractivity contribution in [3.8, 4) is 0 Å². The molecule has 0 saturated heterocycles.